The highest BCUT2D eigenvalue weighted by molar-refractivity contribution is 7.99. The molecule has 1 saturated carbocycles. The number of rotatable bonds is 7. The topological polar surface area (TPSA) is 87.2 Å². The summed E-state index contributed by atoms with van der Waals surface area (Å²) in [5.41, 5.74) is 0.228. The Hall–Kier alpha value is -2.85. The summed E-state index contributed by atoms with van der Waals surface area (Å²) in [6.45, 7) is 0.355. The molecule has 2 aromatic rings. The van der Waals surface area contributed by atoms with E-state index in [1.807, 2.05) is 30.3 Å². The fraction of sp³-hybridized carbons (Fsp3) is 0.364. The zero-order chi connectivity index (χ0) is 20.6. The number of hydrogen-bond acceptors (Lipinski definition) is 5. The average molecular weight is 410 g/mol. The molecule has 2 aromatic carbocycles. The van der Waals surface area contributed by atoms with Crippen LogP contribution in [0.5, 0.6) is 0 Å². The van der Waals surface area contributed by atoms with Gasteiger partial charge in [0.15, 0.2) is 0 Å². The van der Waals surface area contributed by atoms with Gasteiger partial charge in [0.05, 0.1) is 22.3 Å². The fourth-order valence-corrected chi connectivity index (χ4v) is 4.60. The van der Waals surface area contributed by atoms with Gasteiger partial charge in [-0.05, 0) is 37.1 Å². The van der Waals surface area contributed by atoms with E-state index < -0.39 is 4.92 Å². The SMILES string of the molecule is N#CCCN(C(=O)c1ccc(Sc2ccccc2)c([N+](=O)[O-])c1)C1CCCCC1. The van der Waals surface area contributed by atoms with Gasteiger partial charge >= 0.3 is 0 Å². The van der Waals surface area contributed by atoms with Crippen LogP contribution in [-0.2, 0) is 0 Å². The predicted molar refractivity (Wildman–Crippen MR) is 112 cm³/mol. The number of carbonyl (C=O) groups excluding carboxylic acids is 1. The van der Waals surface area contributed by atoms with Crippen LogP contribution in [0.3, 0.4) is 0 Å². The monoisotopic (exact) mass is 409 g/mol. The standard InChI is InChI=1S/C22H23N3O3S/c23-14-7-15-24(18-8-3-1-4-9-18)22(26)17-12-13-21(20(16-17)25(27)28)29-19-10-5-2-6-11-19/h2,5-6,10-13,16,18H,1,3-4,7-9,15H2. The van der Waals surface area contributed by atoms with Gasteiger partial charge in [0.1, 0.15) is 0 Å². The maximum Gasteiger partial charge on any atom is 0.284 e. The summed E-state index contributed by atoms with van der Waals surface area (Å²) in [5.74, 6) is -0.230. The number of nitriles is 1. The Kier molecular flexibility index (Phi) is 7.25. The van der Waals surface area contributed by atoms with Gasteiger partial charge in [0.2, 0.25) is 0 Å². The molecular weight excluding hydrogens is 386 g/mol. The van der Waals surface area contributed by atoms with E-state index in [2.05, 4.69) is 6.07 Å². The summed E-state index contributed by atoms with van der Waals surface area (Å²) in [4.78, 5) is 27.5. The fourth-order valence-electron chi connectivity index (χ4n) is 3.67. The number of nitro benzene ring substituents is 1. The van der Waals surface area contributed by atoms with Crippen molar-refractivity contribution in [2.75, 3.05) is 6.54 Å². The molecule has 0 atom stereocenters. The van der Waals surface area contributed by atoms with Crippen molar-refractivity contribution in [2.45, 2.75) is 54.4 Å². The molecule has 0 heterocycles. The lowest BCUT2D eigenvalue weighted by Gasteiger charge is -2.34. The second-order valence-corrected chi connectivity index (χ2v) is 8.17. The van der Waals surface area contributed by atoms with Crippen LogP contribution in [0.4, 0.5) is 5.69 Å². The van der Waals surface area contributed by atoms with Gasteiger partial charge in [-0.25, -0.2) is 0 Å². The van der Waals surface area contributed by atoms with Crippen molar-refractivity contribution in [3.63, 3.8) is 0 Å². The lowest BCUT2D eigenvalue weighted by Crippen LogP contribution is -2.42. The largest absolute Gasteiger partial charge is 0.335 e. The molecular formula is C22H23N3O3S. The molecule has 1 aliphatic rings. The van der Waals surface area contributed by atoms with Gasteiger partial charge in [0.25, 0.3) is 11.6 Å². The Morgan fingerprint density at radius 2 is 1.90 bits per heavy atom. The van der Waals surface area contributed by atoms with Crippen molar-refractivity contribution in [1.82, 2.24) is 4.90 Å². The molecule has 0 radical (unpaired) electrons. The first-order valence-electron chi connectivity index (χ1n) is 9.79. The maximum absolute atomic E-state index is 13.2. The van der Waals surface area contributed by atoms with Gasteiger partial charge in [-0.3, -0.25) is 14.9 Å². The zero-order valence-corrected chi connectivity index (χ0v) is 16.9. The molecule has 0 bridgehead atoms. The molecule has 150 valence electrons. The molecule has 0 aromatic heterocycles. The third kappa shape index (κ3) is 5.36. The van der Waals surface area contributed by atoms with Crippen molar-refractivity contribution in [1.29, 1.82) is 5.26 Å². The van der Waals surface area contributed by atoms with Gasteiger partial charge in [-0.1, -0.05) is 49.2 Å². The first-order valence-corrected chi connectivity index (χ1v) is 10.6. The van der Waals surface area contributed by atoms with E-state index >= 15 is 0 Å². The van der Waals surface area contributed by atoms with Crippen LogP contribution >= 0.6 is 11.8 Å². The van der Waals surface area contributed by atoms with E-state index in [0.29, 0.717) is 17.0 Å². The molecule has 1 amide bonds. The summed E-state index contributed by atoms with van der Waals surface area (Å²) in [5, 5.41) is 20.6. The number of carbonyl (C=O) groups is 1. The summed E-state index contributed by atoms with van der Waals surface area (Å²) >= 11 is 1.30. The Morgan fingerprint density at radius 3 is 2.55 bits per heavy atom. The van der Waals surface area contributed by atoms with Crippen LogP contribution in [0.15, 0.2) is 58.3 Å². The van der Waals surface area contributed by atoms with Crippen LogP contribution < -0.4 is 0 Å². The average Bonchev–Trinajstić information content (AvgIpc) is 2.75. The molecule has 6 nitrogen and oxygen atoms in total. The van der Waals surface area contributed by atoms with Gasteiger partial charge in [-0.2, -0.15) is 5.26 Å². The smallest absolute Gasteiger partial charge is 0.284 e. The van der Waals surface area contributed by atoms with E-state index in [1.165, 1.54) is 17.8 Å². The molecule has 0 spiro atoms. The van der Waals surface area contributed by atoms with E-state index in [0.717, 1.165) is 37.0 Å². The molecule has 0 unspecified atom stereocenters. The molecule has 3 rings (SSSR count). The summed E-state index contributed by atoms with van der Waals surface area (Å²) in [7, 11) is 0. The lowest BCUT2D eigenvalue weighted by atomic mass is 9.93. The van der Waals surface area contributed by atoms with Crippen LogP contribution in [0.2, 0.25) is 0 Å². The van der Waals surface area contributed by atoms with Gasteiger partial charge in [-0.15, -0.1) is 0 Å². The second kappa shape index (κ2) is 10.1. The van der Waals surface area contributed by atoms with Crippen LogP contribution in [0, 0.1) is 21.4 Å². The number of nitrogens with zero attached hydrogens (tertiary/aromatic N) is 3. The van der Waals surface area contributed by atoms with Crippen molar-refractivity contribution >= 4 is 23.4 Å². The minimum absolute atomic E-state index is 0.0754. The maximum atomic E-state index is 13.2. The van der Waals surface area contributed by atoms with E-state index in [9.17, 15) is 14.9 Å². The number of benzene rings is 2. The molecule has 7 heteroatoms. The highest BCUT2D eigenvalue weighted by Crippen LogP contribution is 2.35. The third-order valence-corrected chi connectivity index (χ3v) is 6.19. The Balaban J connectivity index is 1.87. The Labute approximate surface area is 174 Å². The summed E-state index contributed by atoms with van der Waals surface area (Å²) in [6.07, 6.45) is 5.38. The second-order valence-electron chi connectivity index (χ2n) is 7.05. The van der Waals surface area contributed by atoms with Crippen molar-refractivity contribution in [3.05, 3.63) is 64.2 Å². The van der Waals surface area contributed by atoms with Crippen LogP contribution in [0.25, 0.3) is 0 Å². The van der Waals surface area contributed by atoms with Crippen molar-refractivity contribution < 1.29 is 9.72 Å². The minimum atomic E-state index is -0.442. The highest BCUT2D eigenvalue weighted by atomic mass is 32.2. The molecule has 0 N–H and O–H groups in total. The summed E-state index contributed by atoms with van der Waals surface area (Å²) < 4.78 is 0. The summed E-state index contributed by atoms with van der Waals surface area (Å²) in [6, 6.07) is 16.3. The van der Waals surface area contributed by atoms with E-state index in [1.54, 1.807) is 17.0 Å². The van der Waals surface area contributed by atoms with Crippen molar-refractivity contribution in [2.24, 2.45) is 0 Å². The molecule has 29 heavy (non-hydrogen) atoms. The van der Waals surface area contributed by atoms with E-state index in [4.69, 9.17) is 5.26 Å². The molecule has 1 aliphatic carbocycles. The number of hydrogen-bond donors (Lipinski definition) is 0. The number of amides is 1. The quantitative estimate of drug-likeness (QED) is 0.449. The van der Waals surface area contributed by atoms with E-state index in [-0.39, 0.29) is 24.1 Å². The van der Waals surface area contributed by atoms with Crippen LogP contribution in [-0.4, -0.2) is 28.3 Å². The predicted octanol–water partition coefficient (Wildman–Crippen LogP) is 5.43. The highest BCUT2D eigenvalue weighted by Gasteiger charge is 2.27. The van der Waals surface area contributed by atoms with Crippen LogP contribution in [0.1, 0.15) is 48.9 Å². The zero-order valence-electron chi connectivity index (χ0n) is 16.1. The normalized spacial score (nSPS) is 14.2. The third-order valence-electron chi connectivity index (χ3n) is 5.11. The number of nitro groups is 1. The van der Waals surface area contributed by atoms with Crippen molar-refractivity contribution in [3.8, 4) is 6.07 Å². The van der Waals surface area contributed by atoms with Gasteiger partial charge in [0, 0.05) is 29.1 Å². The molecule has 0 saturated heterocycles. The Bertz CT molecular complexity index is 905. The molecule has 1 fully saturated rings. The first kappa shape index (κ1) is 20.9. The molecule has 0 aliphatic heterocycles. The minimum Gasteiger partial charge on any atom is -0.335 e. The van der Waals surface area contributed by atoms with Gasteiger partial charge < -0.3 is 4.90 Å². The lowest BCUT2D eigenvalue weighted by molar-refractivity contribution is -0.387. The first-order chi connectivity index (χ1) is 14.1. The Morgan fingerprint density at radius 1 is 1.17 bits per heavy atom.